The highest BCUT2D eigenvalue weighted by atomic mass is 16.6. The number of ether oxygens (including phenoxy) is 3. The summed E-state index contributed by atoms with van der Waals surface area (Å²) >= 11 is 0. The summed E-state index contributed by atoms with van der Waals surface area (Å²) < 4.78 is 16.0. The summed E-state index contributed by atoms with van der Waals surface area (Å²) in [7, 11) is 0. The summed E-state index contributed by atoms with van der Waals surface area (Å²) in [6.07, 6.45) is 0.452. The monoisotopic (exact) mass is 425 g/mol. The largest absolute Gasteiger partial charge is 0.482 e. The zero-order chi connectivity index (χ0) is 22.4. The molecular formula is C24H27NO6. The van der Waals surface area contributed by atoms with Crippen molar-refractivity contribution in [3.05, 3.63) is 65.2 Å². The maximum atomic E-state index is 12.7. The normalized spacial score (nSPS) is 15.6. The van der Waals surface area contributed by atoms with Gasteiger partial charge in [0.25, 0.3) is 0 Å². The Hall–Kier alpha value is -3.35. The van der Waals surface area contributed by atoms with Crippen LogP contribution in [-0.2, 0) is 27.3 Å². The second kappa shape index (κ2) is 9.64. The van der Waals surface area contributed by atoms with Gasteiger partial charge in [0, 0.05) is 5.56 Å². The number of rotatable bonds is 6. The van der Waals surface area contributed by atoms with Crippen molar-refractivity contribution < 1.29 is 28.6 Å². The predicted octanol–water partition coefficient (Wildman–Crippen LogP) is 3.83. The number of benzene rings is 2. The van der Waals surface area contributed by atoms with Gasteiger partial charge in [-0.1, -0.05) is 30.3 Å². The van der Waals surface area contributed by atoms with Crippen molar-refractivity contribution in [1.29, 1.82) is 0 Å². The van der Waals surface area contributed by atoms with E-state index in [2.05, 4.69) is 5.32 Å². The average molecular weight is 425 g/mol. The molecule has 2 aromatic carbocycles. The first kappa shape index (κ1) is 22.3. The molecule has 0 saturated heterocycles. The molecule has 31 heavy (non-hydrogen) atoms. The van der Waals surface area contributed by atoms with Crippen molar-refractivity contribution in [2.75, 3.05) is 6.61 Å². The molecule has 0 saturated carbocycles. The van der Waals surface area contributed by atoms with E-state index in [-0.39, 0.29) is 19.0 Å². The van der Waals surface area contributed by atoms with Crippen LogP contribution in [-0.4, -0.2) is 36.1 Å². The van der Waals surface area contributed by atoms with Crippen LogP contribution in [0.1, 0.15) is 48.7 Å². The number of carbonyl (C=O) groups is 3. The van der Waals surface area contributed by atoms with Gasteiger partial charge in [0.2, 0.25) is 0 Å². The van der Waals surface area contributed by atoms with Crippen LogP contribution in [0.5, 0.6) is 5.75 Å². The molecule has 3 rings (SSSR count). The molecule has 1 N–H and O–H groups in total. The van der Waals surface area contributed by atoms with Crippen LogP contribution < -0.4 is 10.1 Å². The fraction of sp³-hybridized carbons (Fsp3) is 0.375. The Morgan fingerprint density at radius 3 is 2.55 bits per heavy atom. The van der Waals surface area contributed by atoms with Crippen LogP contribution in [0.2, 0.25) is 0 Å². The molecule has 7 heteroatoms. The standard InChI is InChI=1S/C24H27NO6/c1-24(2,3)31-23(28)25-20-12-9-17-13-18(10-11-19(17)22(20)27)29-15-21(26)30-14-16-7-5-4-6-8-16/h4-8,10-11,13,20H,9,12,14-15H2,1-3H3,(H,25,28). The molecule has 0 aromatic heterocycles. The lowest BCUT2D eigenvalue weighted by molar-refractivity contribution is -0.147. The van der Waals surface area contributed by atoms with Crippen molar-refractivity contribution in [3.8, 4) is 5.75 Å². The second-order valence-electron chi connectivity index (χ2n) is 8.36. The van der Waals surface area contributed by atoms with Gasteiger partial charge >= 0.3 is 12.1 Å². The van der Waals surface area contributed by atoms with Gasteiger partial charge in [-0.15, -0.1) is 0 Å². The molecule has 1 atom stereocenters. The molecule has 7 nitrogen and oxygen atoms in total. The third-order valence-electron chi connectivity index (χ3n) is 4.65. The van der Waals surface area contributed by atoms with Gasteiger partial charge in [0.05, 0.1) is 6.04 Å². The summed E-state index contributed by atoms with van der Waals surface area (Å²) in [5.41, 5.74) is 1.63. The van der Waals surface area contributed by atoms with E-state index in [4.69, 9.17) is 14.2 Å². The Labute approximate surface area is 181 Å². The summed E-state index contributed by atoms with van der Waals surface area (Å²) in [6.45, 7) is 5.27. The van der Waals surface area contributed by atoms with E-state index in [1.54, 1.807) is 39.0 Å². The topological polar surface area (TPSA) is 90.9 Å². The lowest BCUT2D eigenvalue weighted by Crippen LogP contribution is -2.45. The molecule has 2 aromatic rings. The van der Waals surface area contributed by atoms with E-state index in [0.29, 0.717) is 24.2 Å². The van der Waals surface area contributed by atoms with Crippen LogP contribution in [0.25, 0.3) is 0 Å². The Morgan fingerprint density at radius 1 is 1.10 bits per heavy atom. The van der Waals surface area contributed by atoms with Crippen molar-refractivity contribution in [2.24, 2.45) is 0 Å². The number of alkyl carbamates (subject to hydrolysis) is 1. The fourth-order valence-corrected chi connectivity index (χ4v) is 3.24. The lowest BCUT2D eigenvalue weighted by Gasteiger charge is -2.26. The number of esters is 1. The number of aryl methyl sites for hydroxylation is 1. The highest BCUT2D eigenvalue weighted by Gasteiger charge is 2.30. The van der Waals surface area contributed by atoms with E-state index in [1.807, 2.05) is 30.3 Å². The molecule has 0 aliphatic heterocycles. The molecule has 1 aliphatic carbocycles. The van der Waals surface area contributed by atoms with Crippen molar-refractivity contribution in [1.82, 2.24) is 5.32 Å². The maximum Gasteiger partial charge on any atom is 0.408 e. The second-order valence-corrected chi connectivity index (χ2v) is 8.36. The van der Waals surface area contributed by atoms with Gasteiger partial charge in [0.1, 0.15) is 18.0 Å². The first-order valence-corrected chi connectivity index (χ1v) is 10.2. The summed E-state index contributed by atoms with van der Waals surface area (Å²) in [5.74, 6) is -0.151. The van der Waals surface area contributed by atoms with Crippen molar-refractivity contribution >= 4 is 17.8 Å². The quantitative estimate of drug-likeness (QED) is 0.708. The molecule has 0 spiro atoms. The number of carbonyl (C=O) groups excluding carboxylic acids is 3. The zero-order valence-corrected chi connectivity index (χ0v) is 18.0. The van der Waals surface area contributed by atoms with Gasteiger partial charge in [-0.3, -0.25) is 4.79 Å². The summed E-state index contributed by atoms with van der Waals surface area (Å²) in [6, 6.07) is 13.8. The third kappa shape index (κ3) is 6.57. The van der Waals surface area contributed by atoms with Gasteiger partial charge in [0.15, 0.2) is 12.4 Å². The minimum atomic E-state index is -0.631. The lowest BCUT2D eigenvalue weighted by atomic mass is 9.87. The number of Topliss-reactive ketones (excluding diaryl/α,β-unsaturated/α-hetero) is 1. The Morgan fingerprint density at radius 2 is 1.84 bits per heavy atom. The molecule has 0 fully saturated rings. The van der Waals surface area contributed by atoms with Crippen LogP contribution in [0.4, 0.5) is 4.79 Å². The molecular weight excluding hydrogens is 398 g/mol. The highest BCUT2D eigenvalue weighted by molar-refractivity contribution is 6.03. The first-order valence-electron chi connectivity index (χ1n) is 10.2. The van der Waals surface area contributed by atoms with E-state index >= 15 is 0 Å². The molecule has 1 amide bonds. The Kier molecular flexibility index (Phi) is 6.95. The van der Waals surface area contributed by atoms with Crippen molar-refractivity contribution in [2.45, 2.75) is 51.9 Å². The number of nitrogens with one attached hydrogen (secondary N) is 1. The number of amides is 1. The zero-order valence-electron chi connectivity index (χ0n) is 18.0. The van der Waals surface area contributed by atoms with Crippen LogP contribution in [0.15, 0.2) is 48.5 Å². The van der Waals surface area contributed by atoms with E-state index in [0.717, 1.165) is 11.1 Å². The van der Waals surface area contributed by atoms with E-state index in [9.17, 15) is 14.4 Å². The first-order chi connectivity index (χ1) is 14.7. The molecule has 0 radical (unpaired) electrons. The Balaban J connectivity index is 1.52. The number of hydrogen-bond acceptors (Lipinski definition) is 6. The number of fused-ring (bicyclic) bond motifs is 1. The number of hydrogen-bond donors (Lipinski definition) is 1. The average Bonchev–Trinajstić information content (AvgIpc) is 2.72. The van der Waals surface area contributed by atoms with Gasteiger partial charge < -0.3 is 19.5 Å². The van der Waals surface area contributed by atoms with E-state index in [1.165, 1.54) is 0 Å². The fourth-order valence-electron chi connectivity index (χ4n) is 3.24. The summed E-state index contributed by atoms with van der Waals surface area (Å²) in [4.78, 5) is 36.6. The minimum Gasteiger partial charge on any atom is -0.482 e. The van der Waals surface area contributed by atoms with Crippen molar-refractivity contribution in [3.63, 3.8) is 0 Å². The van der Waals surface area contributed by atoms with Crippen LogP contribution >= 0.6 is 0 Å². The van der Waals surface area contributed by atoms with Crippen LogP contribution in [0, 0.1) is 0 Å². The SMILES string of the molecule is CC(C)(C)OC(=O)NC1CCc2cc(OCC(=O)OCc3ccccc3)ccc2C1=O. The van der Waals surface area contributed by atoms with Crippen LogP contribution in [0.3, 0.4) is 0 Å². The minimum absolute atomic E-state index is 0.166. The molecule has 1 unspecified atom stereocenters. The Bertz CT molecular complexity index is 948. The highest BCUT2D eigenvalue weighted by Crippen LogP contribution is 2.26. The third-order valence-corrected chi connectivity index (χ3v) is 4.65. The smallest absolute Gasteiger partial charge is 0.408 e. The van der Waals surface area contributed by atoms with Gasteiger partial charge in [-0.2, -0.15) is 0 Å². The molecule has 0 heterocycles. The summed E-state index contributed by atoms with van der Waals surface area (Å²) in [5, 5.41) is 2.65. The molecule has 1 aliphatic rings. The predicted molar refractivity (Wildman–Crippen MR) is 114 cm³/mol. The number of ketones is 1. The van der Waals surface area contributed by atoms with Gasteiger partial charge in [-0.05, 0) is 62.9 Å². The van der Waals surface area contributed by atoms with Gasteiger partial charge in [-0.25, -0.2) is 9.59 Å². The maximum absolute atomic E-state index is 12.7. The van der Waals surface area contributed by atoms with E-state index < -0.39 is 23.7 Å². The molecule has 0 bridgehead atoms. The molecule has 164 valence electrons.